The van der Waals surface area contributed by atoms with Gasteiger partial charge in [-0.3, -0.25) is 4.79 Å². The Kier molecular flexibility index (Phi) is 4.82. The molecular weight excluding hydrogens is 324 g/mol. The maximum atomic E-state index is 13.4. The summed E-state index contributed by atoms with van der Waals surface area (Å²) in [5.74, 6) is -4.78. The number of halogens is 5. The molecule has 0 aromatic heterocycles. The summed E-state index contributed by atoms with van der Waals surface area (Å²) in [6.07, 6.45) is -0.320. The molecule has 0 saturated carbocycles. The normalized spacial score (nSPS) is 10.6. The fraction of sp³-hybridized carbons (Fsp3) is 0.300. The number of benzene rings is 1. The average Bonchev–Trinajstić information content (AvgIpc) is 2.28. The second-order valence-electron chi connectivity index (χ2n) is 3.30. The molecule has 0 atom stereocenters. The summed E-state index contributed by atoms with van der Waals surface area (Å²) in [6, 6.07) is 0. The lowest BCUT2D eigenvalue weighted by Gasteiger charge is -2.09. The molecule has 2 nitrogen and oxygen atoms in total. The molecule has 0 amide bonds. The van der Waals surface area contributed by atoms with E-state index in [9.17, 15) is 18.0 Å². The maximum absolute atomic E-state index is 13.4. The molecule has 1 aromatic rings. The Morgan fingerprint density at radius 1 is 1.24 bits per heavy atom. The molecule has 0 unspecified atom stereocenters. The van der Waals surface area contributed by atoms with Crippen molar-refractivity contribution in [3.8, 4) is 0 Å². The highest BCUT2D eigenvalue weighted by atomic mass is 79.9. The van der Waals surface area contributed by atoms with E-state index in [0.29, 0.717) is 0 Å². The van der Waals surface area contributed by atoms with Crippen LogP contribution in [0, 0.1) is 17.5 Å². The third kappa shape index (κ3) is 3.13. The fourth-order valence-corrected chi connectivity index (χ4v) is 2.04. The summed E-state index contributed by atoms with van der Waals surface area (Å²) in [7, 11) is 0. The first-order valence-electron chi connectivity index (χ1n) is 4.58. The number of hydrogen-bond acceptors (Lipinski definition) is 1. The van der Waals surface area contributed by atoms with Crippen molar-refractivity contribution in [3.63, 3.8) is 0 Å². The van der Waals surface area contributed by atoms with Crippen molar-refractivity contribution in [1.29, 1.82) is 0 Å². The lowest BCUT2D eigenvalue weighted by atomic mass is 10.1. The summed E-state index contributed by atoms with van der Waals surface area (Å²) < 4.78 is 39.3. The summed E-state index contributed by atoms with van der Waals surface area (Å²) >= 11 is 8.07. The van der Waals surface area contributed by atoms with Crippen molar-refractivity contribution < 1.29 is 23.1 Å². The Morgan fingerprint density at radius 2 is 1.82 bits per heavy atom. The molecule has 1 N–H and O–H groups in total. The molecule has 17 heavy (non-hydrogen) atoms. The molecule has 0 fully saturated rings. The minimum absolute atomic E-state index is 0.0481. The first kappa shape index (κ1) is 14.3. The van der Waals surface area contributed by atoms with Crippen molar-refractivity contribution in [1.82, 2.24) is 0 Å². The van der Waals surface area contributed by atoms with Gasteiger partial charge >= 0.3 is 5.97 Å². The Hall–Kier alpha value is -0.750. The molecule has 0 aliphatic rings. The standard InChI is InChI=1S/C10H7BrClF3O2/c11-6-9(14)7(12)4(8(13)10(6)15)2-1-3-5(16)17/h1-3H2,(H,16,17). The third-order valence-electron chi connectivity index (χ3n) is 2.12. The molecule has 0 spiro atoms. The van der Waals surface area contributed by atoms with Crippen LogP contribution in [0.15, 0.2) is 4.47 Å². The minimum Gasteiger partial charge on any atom is -0.481 e. The monoisotopic (exact) mass is 330 g/mol. The molecule has 0 aliphatic heterocycles. The topological polar surface area (TPSA) is 37.3 Å². The Bertz CT molecular complexity index is 436. The van der Waals surface area contributed by atoms with Gasteiger partial charge in [-0.25, -0.2) is 13.2 Å². The van der Waals surface area contributed by atoms with Gasteiger partial charge in [0.25, 0.3) is 0 Å². The van der Waals surface area contributed by atoms with Gasteiger partial charge in [-0.2, -0.15) is 0 Å². The second-order valence-corrected chi connectivity index (χ2v) is 4.47. The van der Waals surface area contributed by atoms with Gasteiger partial charge in [0, 0.05) is 12.0 Å². The van der Waals surface area contributed by atoms with Crippen LogP contribution >= 0.6 is 27.5 Å². The number of carboxylic acid groups (broad SMARTS) is 1. The van der Waals surface area contributed by atoms with E-state index in [0.717, 1.165) is 0 Å². The van der Waals surface area contributed by atoms with E-state index >= 15 is 0 Å². The predicted octanol–water partition coefficient (Wildman–Crippen LogP) is 3.93. The lowest BCUT2D eigenvalue weighted by molar-refractivity contribution is -0.137. The van der Waals surface area contributed by atoms with E-state index in [1.165, 1.54) is 0 Å². The van der Waals surface area contributed by atoms with Crippen molar-refractivity contribution >= 4 is 33.5 Å². The van der Waals surface area contributed by atoms with Crippen LogP contribution in [0.2, 0.25) is 5.02 Å². The molecular formula is C10H7BrClF3O2. The number of aliphatic carboxylic acids is 1. The molecule has 1 aromatic carbocycles. The second kappa shape index (κ2) is 5.73. The highest BCUT2D eigenvalue weighted by Gasteiger charge is 2.22. The summed E-state index contributed by atoms with van der Waals surface area (Å²) in [5.41, 5.74) is -0.342. The van der Waals surface area contributed by atoms with Gasteiger partial charge in [0.1, 0.15) is 0 Å². The van der Waals surface area contributed by atoms with Crippen LogP contribution in [0.3, 0.4) is 0 Å². The van der Waals surface area contributed by atoms with E-state index in [4.69, 9.17) is 16.7 Å². The molecule has 0 aliphatic carbocycles. The minimum atomic E-state index is -1.36. The van der Waals surface area contributed by atoms with Crippen LogP contribution < -0.4 is 0 Å². The van der Waals surface area contributed by atoms with Crippen molar-refractivity contribution in [2.24, 2.45) is 0 Å². The lowest BCUT2D eigenvalue weighted by Crippen LogP contribution is -2.03. The molecule has 0 bridgehead atoms. The Balaban J connectivity index is 3.03. The molecule has 7 heteroatoms. The zero-order valence-corrected chi connectivity index (χ0v) is 10.7. The smallest absolute Gasteiger partial charge is 0.303 e. The summed E-state index contributed by atoms with van der Waals surface area (Å²) in [5, 5.41) is 7.87. The molecule has 0 radical (unpaired) electrons. The Morgan fingerprint density at radius 3 is 2.35 bits per heavy atom. The highest BCUT2D eigenvalue weighted by molar-refractivity contribution is 9.10. The van der Waals surface area contributed by atoms with Gasteiger partial charge in [-0.15, -0.1) is 0 Å². The summed E-state index contributed by atoms with van der Waals surface area (Å²) in [4.78, 5) is 10.3. The van der Waals surface area contributed by atoms with Crippen molar-refractivity contribution in [2.75, 3.05) is 0 Å². The molecule has 0 heterocycles. The fourth-order valence-electron chi connectivity index (χ4n) is 1.29. The van der Waals surface area contributed by atoms with Gasteiger partial charge in [0.2, 0.25) is 0 Å². The van der Waals surface area contributed by atoms with Crippen LogP contribution in [0.5, 0.6) is 0 Å². The molecule has 0 saturated heterocycles. The number of hydrogen-bond donors (Lipinski definition) is 1. The van der Waals surface area contributed by atoms with Crippen LogP contribution in [0.4, 0.5) is 13.2 Å². The van der Waals surface area contributed by atoms with Crippen molar-refractivity contribution in [3.05, 3.63) is 32.5 Å². The van der Waals surface area contributed by atoms with E-state index in [-0.39, 0.29) is 24.8 Å². The van der Waals surface area contributed by atoms with E-state index in [1.807, 2.05) is 0 Å². The van der Waals surface area contributed by atoms with Crippen LogP contribution in [-0.2, 0) is 11.2 Å². The zero-order chi connectivity index (χ0) is 13.2. The quantitative estimate of drug-likeness (QED) is 0.670. The third-order valence-corrected chi connectivity index (χ3v) is 3.21. The Labute approximate surface area is 109 Å². The summed E-state index contributed by atoms with van der Waals surface area (Å²) in [6.45, 7) is 0. The van der Waals surface area contributed by atoms with Crippen LogP contribution in [0.1, 0.15) is 18.4 Å². The van der Waals surface area contributed by atoms with E-state index in [1.54, 1.807) is 0 Å². The van der Waals surface area contributed by atoms with E-state index < -0.39 is 32.9 Å². The number of rotatable bonds is 4. The number of carboxylic acids is 1. The van der Waals surface area contributed by atoms with Gasteiger partial charge in [-0.1, -0.05) is 11.6 Å². The SMILES string of the molecule is O=C(O)CCCc1c(F)c(F)c(Br)c(F)c1Cl. The van der Waals surface area contributed by atoms with Gasteiger partial charge < -0.3 is 5.11 Å². The largest absolute Gasteiger partial charge is 0.481 e. The van der Waals surface area contributed by atoms with E-state index in [2.05, 4.69) is 15.9 Å². The van der Waals surface area contributed by atoms with Crippen LogP contribution in [-0.4, -0.2) is 11.1 Å². The predicted molar refractivity (Wildman–Crippen MR) is 59.6 cm³/mol. The molecule has 94 valence electrons. The average molecular weight is 332 g/mol. The van der Waals surface area contributed by atoms with Crippen molar-refractivity contribution in [2.45, 2.75) is 19.3 Å². The van der Waals surface area contributed by atoms with Gasteiger partial charge in [-0.05, 0) is 28.8 Å². The van der Waals surface area contributed by atoms with Crippen LogP contribution in [0.25, 0.3) is 0 Å². The first-order valence-corrected chi connectivity index (χ1v) is 5.75. The zero-order valence-electron chi connectivity index (χ0n) is 8.37. The molecule has 1 rings (SSSR count). The first-order chi connectivity index (χ1) is 7.86. The highest BCUT2D eigenvalue weighted by Crippen LogP contribution is 2.33. The maximum Gasteiger partial charge on any atom is 0.303 e. The number of carbonyl (C=O) groups is 1. The van der Waals surface area contributed by atoms with Gasteiger partial charge in [0.05, 0.1) is 9.50 Å². The van der Waals surface area contributed by atoms with Gasteiger partial charge in [0.15, 0.2) is 17.5 Å².